The number of aryl methyl sites for hydroxylation is 1. The first-order valence-corrected chi connectivity index (χ1v) is 8.04. The maximum absolute atomic E-state index is 12.1. The molecule has 0 aliphatic rings. The molecule has 3 amide bonds. The van der Waals surface area contributed by atoms with Crippen LogP contribution >= 0.6 is 0 Å². The lowest BCUT2D eigenvalue weighted by Gasteiger charge is -2.17. The third-order valence-corrected chi connectivity index (χ3v) is 3.77. The average molecular weight is 358 g/mol. The number of carbonyl (C=O) groups excluding carboxylic acids is 3. The molecule has 0 saturated carbocycles. The molecule has 0 spiro atoms. The number of amides is 3. The number of nitrogens with zero attached hydrogens (tertiary/aromatic N) is 1. The molecule has 0 bridgehead atoms. The van der Waals surface area contributed by atoms with Crippen molar-refractivity contribution >= 4 is 23.4 Å². The van der Waals surface area contributed by atoms with Crippen molar-refractivity contribution in [2.75, 3.05) is 25.5 Å². The van der Waals surface area contributed by atoms with E-state index in [1.54, 1.807) is 13.1 Å². The highest BCUT2D eigenvalue weighted by Gasteiger charge is 2.14. The van der Waals surface area contributed by atoms with E-state index in [1.807, 2.05) is 32.0 Å². The molecule has 0 radical (unpaired) electrons. The fraction of sp³-hybridized carbons (Fsp3) is 0.278. The van der Waals surface area contributed by atoms with Crippen LogP contribution in [-0.4, -0.2) is 42.8 Å². The topological polar surface area (TPSA) is 104 Å². The Morgan fingerprint density at radius 3 is 2.42 bits per heavy atom. The first kappa shape index (κ1) is 19.2. The Hall–Kier alpha value is -3.13. The summed E-state index contributed by atoms with van der Waals surface area (Å²) < 4.78 is 4.91. The molecule has 1 aromatic heterocycles. The number of hydrogen-bond acceptors (Lipinski definition) is 5. The molecule has 0 aliphatic heterocycles. The van der Waals surface area contributed by atoms with E-state index < -0.39 is 11.8 Å². The maximum atomic E-state index is 12.1. The number of benzene rings is 1. The number of rotatable bonds is 6. The Labute approximate surface area is 151 Å². The molecule has 1 heterocycles. The van der Waals surface area contributed by atoms with Crippen LogP contribution < -0.4 is 16.2 Å². The van der Waals surface area contributed by atoms with Crippen molar-refractivity contribution in [3.8, 4) is 0 Å². The molecule has 1 aromatic carbocycles. The zero-order chi connectivity index (χ0) is 19.1. The Bertz CT molecular complexity index is 786. The second-order valence-corrected chi connectivity index (χ2v) is 5.95. The van der Waals surface area contributed by atoms with Crippen molar-refractivity contribution in [1.82, 2.24) is 15.8 Å². The number of likely N-dealkylation sites (N-methyl/N-ethyl adjacent to an activating group) is 1. The van der Waals surface area contributed by atoms with E-state index in [9.17, 15) is 14.4 Å². The van der Waals surface area contributed by atoms with Crippen molar-refractivity contribution < 1.29 is 18.8 Å². The lowest BCUT2D eigenvalue weighted by molar-refractivity contribution is -0.123. The van der Waals surface area contributed by atoms with Gasteiger partial charge < -0.3 is 9.73 Å². The van der Waals surface area contributed by atoms with Gasteiger partial charge >= 0.3 is 5.91 Å². The second-order valence-electron chi connectivity index (χ2n) is 5.95. The van der Waals surface area contributed by atoms with Gasteiger partial charge in [-0.05, 0) is 50.2 Å². The van der Waals surface area contributed by atoms with Gasteiger partial charge in [-0.3, -0.25) is 30.1 Å². The molecule has 0 atom stereocenters. The first-order valence-electron chi connectivity index (χ1n) is 8.04. The van der Waals surface area contributed by atoms with E-state index in [1.165, 1.54) is 17.2 Å². The Balaban J connectivity index is 1.75. The summed E-state index contributed by atoms with van der Waals surface area (Å²) in [7, 11) is 1.64. The van der Waals surface area contributed by atoms with Crippen LogP contribution in [0, 0.1) is 13.8 Å². The molecular weight excluding hydrogens is 336 g/mol. The van der Waals surface area contributed by atoms with Gasteiger partial charge in [-0.15, -0.1) is 0 Å². The van der Waals surface area contributed by atoms with Gasteiger partial charge in [0.1, 0.15) is 0 Å². The van der Waals surface area contributed by atoms with Crippen LogP contribution in [-0.2, 0) is 9.59 Å². The van der Waals surface area contributed by atoms with Crippen LogP contribution in [0.3, 0.4) is 0 Å². The monoisotopic (exact) mass is 358 g/mol. The molecular formula is C18H22N4O4. The van der Waals surface area contributed by atoms with Gasteiger partial charge in [0.2, 0.25) is 5.91 Å². The largest absolute Gasteiger partial charge is 0.459 e. The normalized spacial score (nSPS) is 10.5. The number of nitrogens with one attached hydrogen (secondary N) is 3. The fourth-order valence-corrected chi connectivity index (χ4v) is 2.26. The molecule has 0 saturated heterocycles. The predicted molar refractivity (Wildman–Crippen MR) is 96.4 cm³/mol. The van der Waals surface area contributed by atoms with Crippen LogP contribution in [0.1, 0.15) is 21.7 Å². The minimum Gasteiger partial charge on any atom is -0.459 e. The highest BCUT2D eigenvalue weighted by Crippen LogP contribution is 2.17. The molecule has 3 N–H and O–H groups in total. The maximum Gasteiger partial charge on any atom is 0.305 e. The summed E-state index contributed by atoms with van der Waals surface area (Å²) in [5.74, 6) is -1.15. The van der Waals surface area contributed by atoms with Crippen molar-refractivity contribution in [1.29, 1.82) is 0 Å². The number of hydrazine groups is 1. The third kappa shape index (κ3) is 5.45. The van der Waals surface area contributed by atoms with Crippen molar-refractivity contribution in [3.63, 3.8) is 0 Å². The Morgan fingerprint density at radius 1 is 1.00 bits per heavy atom. The van der Waals surface area contributed by atoms with E-state index in [4.69, 9.17) is 4.42 Å². The van der Waals surface area contributed by atoms with Crippen molar-refractivity contribution in [2.24, 2.45) is 0 Å². The van der Waals surface area contributed by atoms with Crippen LogP contribution in [0.5, 0.6) is 0 Å². The van der Waals surface area contributed by atoms with Gasteiger partial charge in [0.15, 0.2) is 5.76 Å². The number of hydrogen-bond donors (Lipinski definition) is 3. The summed E-state index contributed by atoms with van der Waals surface area (Å²) in [6.45, 7) is 3.88. The van der Waals surface area contributed by atoms with Crippen molar-refractivity contribution in [2.45, 2.75) is 13.8 Å². The molecule has 2 aromatic rings. The lowest BCUT2D eigenvalue weighted by atomic mass is 10.1. The number of anilines is 1. The minimum absolute atomic E-state index is 0.0347. The van der Waals surface area contributed by atoms with Gasteiger partial charge in [-0.2, -0.15) is 0 Å². The van der Waals surface area contributed by atoms with Crippen LogP contribution in [0.25, 0.3) is 0 Å². The van der Waals surface area contributed by atoms with Crippen LogP contribution in [0.4, 0.5) is 5.69 Å². The summed E-state index contributed by atoms with van der Waals surface area (Å²) in [6.07, 6.45) is 1.36. The van der Waals surface area contributed by atoms with Gasteiger partial charge in [0.25, 0.3) is 5.91 Å². The van der Waals surface area contributed by atoms with Gasteiger partial charge in [0.05, 0.1) is 19.4 Å². The molecule has 0 fully saturated rings. The summed E-state index contributed by atoms with van der Waals surface area (Å²) in [5.41, 5.74) is 7.34. The third-order valence-electron chi connectivity index (χ3n) is 3.77. The summed E-state index contributed by atoms with van der Waals surface area (Å²) in [5, 5.41) is 2.83. The van der Waals surface area contributed by atoms with Gasteiger partial charge in [0, 0.05) is 5.69 Å². The lowest BCUT2D eigenvalue weighted by Crippen LogP contribution is -2.46. The predicted octanol–water partition coefficient (Wildman–Crippen LogP) is 1.23. The van der Waals surface area contributed by atoms with E-state index >= 15 is 0 Å². The SMILES string of the molecule is Cc1cccc(NC(=O)CN(C)CC(=O)NNC(=O)c2ccco2)c1C. The zero-order valence-corrected chi connectivity index (χ0v) is 15.0. The van der Waals surface area contributed by atoms with E-state index in [0.717, 1.165) is 16.8 Å². The second kappa shape index (κ2) is 8.82. The molecule has 0 unspecified atom stereocenters. The number of carbonyl (C=O) groups is 3. The molecule has 8 nitrogen and oxygen atoms in total. The summed E-state index contributed by atoms with van der Waals surface area (Å²) in [6, 6.07) is 8.72. The smallest absolute Gasteiger partial charge is 0.305 e. The quantitative estimate of drug-likeness (QED) is 0.674. The molecule has 138 valence electrons. The standard InChI is InChI=1S/C18H22N4O4/c1-12-6-4-7-14(13(12)2)19-16(23)10-22(3)11-17(24)20-21-18(25)15-8-5-9-26-15/h4-9H,10-11H2,1-3H3,(H,19,23)(H,20,24)(H,21,25). The van der Waals surface area contributed by atoms with E-state index in [0.29, 0.717) is 0 Å². The number of furan rings is 1. The Morgan fingerprint density at radius 2 is 1.73 bits per heavy atom. The van der Waals surface area contributed by atoms with E-state index in [2.05, 4.69) is 16.2 Å². The molecule has 2 rings (SSSR count). The highest BCUT2D eigenvalue weighted by molar-refractivity contribution is 5.94. The molecule has 26 heavy (non-hydrogen) atoms. The minimum atomic E-state index is -0.557. The first-order chi connectivity index (χ1) is 12.4. The fourth-order valence-electron chi connectivity index (χ4n) is 2.26. The van der Waals surface area contributed by atoms with Gasteiger partial charge in [-0.1, -0.05) is 12.1 Å². The average Bonchev–Trinajstić information content (AvgIpc) is 3.11. The Kier molecular flexibility index (Phi) is 6.51. The van der Waals surface area contributed by atoms with Crippen molar-refractivity contribution in [3.05, 3.63) is 53.5 Å². The summed E-state index contributed by atoms with van der Waals surface area (Å²) in [4.78, 5) is 37.1. The molecule has 8 heteroatoms. The van der Waals surface area contributed by atoms with Crippen LogP contribution in [0.15, 0.2) is 41.0 Å². The van der Waals surface area contributed by atoms with Crippen LogP contribution in [0.2, 0.25) is 0 Å². The summed E-state index contributed by atoms with van der Waals surface area (Å²) >= 11 is 0. The molecule has 0 aliphatic carbocycles. The van der Waals surface area contributed by atoms with Gasteiger partial charge in [-0.25, -0.2) is 0 Å². The zero-order valence-electron chi connectivity index (χ0n) is 15.0. The van der Waals surface area contributed by atoms with E-state index in [-0.39, 0.29) is 24.8 Å². The highest BCUT2D eigenvalue weighted by atomic mass is 16.3.